The molecule has 11 heteroatoms. The van der Waals surface area contributed by atoms with E-state index < -0.39 is 45.1 Å². The van der Waals surface area contributed by atoms with E-state index in [0.717, 1.165) is 116 Å². The molecule has 338 valence electrons. The monoisotopic (exact) mass is 848 g/mol. The molecule has 3 unspecified atom stereocenters. The first-order valence-corrected chi connectivity index (χ1v) is 24.1. The predicted molar refractivity (Wildman–Crippen MR) is 244 cm³/mol. The minimum atomic E-state index is -4.63. The first kappa shape index (κ1) is 56.1. The fraction of sp³-hybridized carbons (Fsp3) is 0.667. The molecule has 0 aromatic heterocycles. The van der Waals surface area contributed by atoms with Gasteiger partial charge in [-0.1, -0.05) is 157 Å². The van der Waals surface area contributed by atoms with Gasteiger partial charge in [0.25, 0.3) is 0 Å². The van der Waals surface area contributed by atoms with Gasteiger partial charge in [-0.25, -0.2) is 4.57 Å². The second kappa shape index (κ2) is 43.2. The molecule has 0 radical (unpaired) electrons. The normalized spacial score (nSPS) is 14.6. The summed E-state index contributed by atoms with van der Waals surface area (Å²) in [7, 11) is -4.63. The number of hydrogen-bond donors (Lipinski definition) is 3. The number of hydrogen-bond acceptors (Lipinski definition) is 8. The summed E-state index contributed by atoms with van der Waals surface area (Å²) in [4.78, 5) is 33.6. The molecule has 0 aromatic carbocycles. The lowest BCUT2D eigenvalue weighted by Gasteiger charge is -2.20. The van der Waals surface area contributed by atoms with Gasteiger partial charge < -0.3 is 25.2 Å². The van der Waals surface area contributed by atoms with Crippen LogP contribution in [0.5, 0.6) is 0 Å². The summed E-state index contributed by atoms with van der Waals surface area (Å²) in [5.74, 6) is -1.81. The lowest BCUT2D eigenvalue weighted by molar-refractivity contribution is -0.154. The van der Waals surface area contributed by atoms with Crippen LogP contribution in [0, 0.1) is 0 Å². The van der Waals surface area contributed by atoms with Gasteiger partial charge in [0.15, 0.2) is 0 Å². The lowest BCUT2D eigenvalue weighted by atomic mass is 10.1. The lowest BCUT2D eigenvalue weighted by Crippen LogP contribution is -2.34. The molecule has 0 aliphatic heterocycles. The molecular formula is C48H82NO9P. The molecule has 0 saturated heterocycles. The molecule has 0 aliphatic rings. The Balaban J connectivity index is 4.31. The Morgan fingerprint density at radius 1 is 0.559 bits per heavy atom. The number of carboxylic acid groups (broad SMARTS) is 1. The minimum absolute atomic E-state index is 0.00647. The fourth-order valence-electron chi connectivity index (χ4n) is 5.66. The van der Waals surface area contributed by atoms with E-state index in [0.29, 0.717) is 13.0 Å². The average molecular weight is 848 g/mol. The van der Waals surface area contributed by atoms with Crippen molar-refractivity contribution in [3.63, 3.8) is 0 Å². The maximum Gasteiger partial charge on any atom is 0.472 e. The maximum absolute atomic E-state index is 12.7. The van der Waals surface area contributed by atoms with Crippen LogP contribution in [0.1, 0.15) is 168 Å². The molecular weight excluding hydrogens is 765 g/mol. The number of phosphoric acid groups is 1. The van der Waals surface area contributed by atoms with Crippen LogP contribution in [0.2, 0.25) is 0 Å². The Morgan fingerprint density at radius 2 is 0.983 bits per heavy atom. The van der Waals surface area contributed by atoms with Crippen LogP contribution in [0.15, 0.2) is 85.1 Å². The SMILES string of the molecule is CC/C=C\C/C=C\C/C=C\C/C=C\CCCCCCCOCC(COP(=O)(O)OCC(N)C(=O)O)OC(=O)CCCCCCCC/C=C\C/C=C\C/C=C\CCCCC. The van der Waals surface area contributed by atoms with Crippen LogP contribution in [0.25, 0.3) is 0 Å². The zero-order valence-electron chi connectivity index (χ0n) is 36.8. The zero-order chi connectivity index (χ0) is 43.3. The van der Waals surface area contributed by atoms with Crippen molar-refractivity contribution in [3.05, 3.63) is 85.1 Å². The number of rotatable bonds is 42. The third kappa shape index (κ3) is 43.1. The Hall–Kier alpha value is -2.85. The summed E-state index contributed by atoms with van der Waals surface area (Å²) in [6, 6.07) is -1.48. The molecule has 3 atom stereocenters. The van der Waals surface area contributed by atoms with E-state index in [4.69, 9.17) is 29.4 Å². The van der Waals surface area contributed by atoms with Crippen LogP contribution < -0.4 is 5.73 Å². The summed E-state index contributed by atoms with van der Waals surface area (Å²) in [6.07, 6.45) is 54.8. The molecule has 0 bridgehead atoms. The van der Waals surface area contributed by atoms with E-state index in [1.165, 1.54) is 25.7 Å². The number of nitrogens with two attached hydrogens (primary N) is 1. The quantitative estimate of drug-likeness (QED) is 0.0234. The van der Waals surface area contributed by atoms with Crippen LogP contribution in [0.4, 0.5) is 0 Å². The number of carbonyl (C=O) groups excluding carboxylic acids is 1. The Labute approximate surface area is 358 Å². The summed E-state index contributed by atoms with van der Waals surface area (Å²) in [5.41, 5.74) is 5.36. The van der Waals surface area contributed by atoms with Crippen molar-refractivity contribution in [1.82, 2.24) is 0 Å². The van der Waals surface area contributed by atoms with Crippen molar-refractivity contribution in [1.29, 1.82) is 0 Å². The van der Waals surface area contributed by atoms with Gasteiger partial charge in [0.1, 0.15) is 12.1 Å². The third-order valence-electron chi connectivity index (χ3n) is 9.16. The third-order valence-corrected chi connectivity index (χ3v) is 10.1. The topological polar surface area (TPSA) is 155 Å². The first-order chi connectivity index (χ1) is 28.7. The fourth-order valence-corrected chi connectivity index (χ4v) is 6.44. The Morgan fingerprint density at radius 3 is 1.47 bits per heavy atom. The maximum atomic E-state index is 12.7. The molecule has 0 saturated carbocycles. The molecule has 59 heavy (non-hydrogen) atoms. The molecule has 0 aliphatic carbocycles. The highest BCUT2D eigenvalue weighted by molar-refractivity contribution is 7.47. The van der Waals surface area contributed by atoms with Crippen LogP contribution in [-0.2, 0) is 32.7 Å². The highest BCUT2D eigenvalue weighted by atomic mass is 31.2. The summed E-state index contributed by atoms with van der Waals surface area (Å²) >= 11 is 0. The highest BCUT2D eigenvalue weighted by Gasteiger charge is 2.27. The minimum Gasteiger partial charge on any atom is -0.480 e. The van der Waals surface area contributed by atoms with Crippen molar-refractivity contribution in [2.45, 2.75) is 180 Å². The predicted octanol–water partition coefficient (Wildman–Crippen LogP) is 12.8. The van der Waals surface area contributed by atoms with E-state index >= 15 is 0 Å². The second-order valence-electron chi connectivity index (χ2n) is 14.8. The smallest absolute Gasteiger partial charge is 0.472 e. The van der Waals surface area contributed by atoms with E-state index in [9.17, 15) is 19.0 Å². The van der Waals surface area contributed by atoms with E-state index in [2.05, 4.69) is 98.9 Å². The second-order valence-corrected chi connectivity index (χ2v) is 16.2. The number of phosphoric ester groups is 1. The van der Waals surface area contributed by atoms with Gasteiger partial charge in [-0.2, -0.15) is 0 Å². The van der Waals surface area contributed by atoms with Gasteiger partial charge in [-0.05, 0) is 89.9 Å². The van der Waals surface area contributed by atoms with Gasteiger partial charge in [0.05, 0.1) is 19.8 Å². The summed E-state index contributed by atoms with van der Waals surface area (Å²) in [5, 5.41) is 8.91. The molecule has 10 nitrogen and oxygen atoms in total. The molecule has 0 heterocycles. The average Bonchev–Trinajstić information content (AvgIpc) is 3.21. The molecule has 4 N–H and O–H groups in total. The van der Waals surface area contributed by atoms with Crippen LogP contribution in [0.3, 0.4) is 0 Å². The number of allylic oxidation sites excluding steroid dienone is 14. The van der Waals surface area contributed by atoms with E-state index in [1.54, 1.807) is 0 Å². The Kier molecular flexibility index (Phi) is 41.2. The molecule has 0 rings (SSSR count). The number of carbonyl (C=O) groups is 2. The van der Waals surface area contributed by atoms with Crippen molar-refractivity contribution < 1.29 is 42.7 Å². The first-order valence-electron chi connectivity index (χ1n) is 22.6. The van der Waals surface area contributed by atoms with Gasteiger partial charge >= 0.3 is 19.8 Å². The van der Waals surface area contributed by atoms with Crippen molar-refractivity contribution >= 4 is 19.8 Å². The van der Waals surface area contributed by atoms with Crippen LogP contribution in [-0.4, -0.2) is 60.5 Å². The number of esters is 1. The standard InChI is InChI=1S/C48H82NO9P/c1-3-5-7-9-11-13-15-17-19-21-23-24-26-28-30-32-34-36-38-40-47(50)58-45(43-56-59(53,54)57-44-46(49)48(51)52)42-55-41-39-37-35-33-31-29-27-25-22-20-18-16-14-12-10-8-6-4-2/h6,8,11-14,17-20,23-25,27,45-46H,3-5,7,9-10,15-16,21-22,26,28-44,49H2,1-2H3,(H,51,52)(H,53,54)/b8-6-,13-11-,14-12-,19-17-,20-18-,24-23-,27-25-. The van der Waals surface area contributed by atoms with Crippen molar-refractivity contribution in [2.75, 3.05) is 26.4 Å². The van der Waals surface area contributed by atoms with E-state index in [-0.39, 0.29) is 13.0 Å². The summed E-state index contributed by atoms with van der Waals surface area (Å²) in [6.45, 7) is 3.66. The molecule has 0 fully saturated rings. The molecule has 0 amide bonds. The number of aliphatic carboxylic acids is 1. The van der Waals surface area contributed by atoms with Gasteiger partial charge in [-0.3, -0.25) is 18.6 Å². The van der Waals surface area contributed by atoms with E-state index in [1.807, 2.05) is 0 Å². The highest BCUT2D eigenvalue weighted by Crippen LogP contribution is 2.43. The van der Waals surface area contributed by atoms with Crippen molar-refractivity contribution in [3.8, 4) is 0 Å². The zero-order valence-corrected chi connectivity index (χ0v) is 37.7. The van der Waals surface area contributed by atoms with Gasteiger partial charge in [0.2, 0.25) is 0 Å². The Bertz CT molecular complexity index is 1260. The van der Waals surface area contributed by atoms with Crippen LogP contribution >= 0.6 is 7.82 Å². The summed E-state index contributed by atoms with van der Waals surface area (Å²) < 4.78 is 33.4. The number of unbranched alkanes of at least 4 members (excludes halogenated alkanes) is 14. The van der Waals surface area contributed by atoms with Gasteiger partial charge in [0, 0.05) is 13.0 Å². The number of carboxylic acids is 1. The van der Waals surface area contributed by atoms with Gasteiger partial charge in [-0.15, -0.1) is 0 Å². The largest absolute Gasteiger partial charge is 0.480 e. The molecule has 0 aromatic rings. The molecule has 0 spiro atoms. The number of ether oxygens (including phenoxy) is 2. The van der Waals surface area contributed by atoms with Crippen molar-refractivity contribution in [2.24, 2.45) is 5.73 Å².